The minimum atomic E-state index is -3.47. The first-order valence-electron chi connectivity index (χ1n) is 6.30. The molecule has 5 nitrogen and oxygen atoms in total. The highest BCUT2D eigenvalue weighted by molar-refractivity contribution is 7.89. The van der Waals surface area contributed by atoms with Crippen LogP contribution >= 0.6 is 11.3 Å². The zero-order chi connectivity index (χ0) is 14.0. The van der Waals surface area contributed by atoms with Gasteiger partial charge in [-0.2, -0.15) is 4.31 Å². The topological polar surface area (TPSA) is 60.9 Å². The number of hydrogen-bond acceptors (Lipinski definition) is 5. The van der Waals surface area contributed by atoms with Crippen molar-refractivity contribution in [1.82, 2.24) is 9.21 Å². The molecule has 2 heterocycles. The van der Waals surface area contributed by atoms with Crippen LogP contribution in [0.2, 0.25) is 0 Å². The molecule has 0 bridgehead atoms. The van der Waals surface area contributed by atoms with E-state index in [0.29, 0.717) is 18.0 Å². The summed E-state index contributed by atoms with van der Waals surface area (Å²) in [6.45, 7) is 0.862. The monoisotopic (exact) mass is 304 g/mol. The van der Waals surface area contributed by atoms with E-state index in [1.165, 1.54) is 11.3 Å². The van der Waals surface area contributed by atoms with E-state index in [4.69, 9.17) is 0 Å². The van der Waals surface area contributed by atoms with Gasteiger partial charge in [-0.25, -0.2) is 8.42 Å². The van der Waals surface area contributed by atoms with Gasteiger partial charge in [-0.3, -0.25) is 0 Å². The van der Waals surface area contributed by atoms with Crippen molar-refractivity contribution in [3.63, 3.8) is 0 Å². The van der Waals surface area contributed by atoms with Gasteiger partial charge in [0.05, 0.1) is 11.5 Å². The molecule has 0 saturated carbocycles. The average Bonchev–Trinajstić information content (AvgIpc) is 2.88. The fraction of sp³-hybridized carbons (Fsp3) is 0.667. The van der Waals surface area contributed by atoms with E-state index >= 15 is 0 Å². The van der Waals surface area contributed by atoms with Gasteiger partial charge in [0.15, 0.2) is 0 Å². The third-order valence-electron chi connectivity index (χ3n) is 3.56. The standard InChI is InChI=1S/C12H20N2O3S2/c1-13(2)10-4-3-6-14(8-10)19(16,17)12-5-7-18-11(12)9-15/h5,7,10,15H,3-4,6,8-9H2,1-2H3. The molecule has 0 amide bonds. The molecular weight excluding hydrogens is 284 g/mol. The molecular formula is C12H20N2O3S2. The van der Waals surface area contributed by atoms with Crippen LogP contribution in [-0.2, 0) is 16.6 Å². The zero-order valence-corrected chi connectivity index (χ0v) is 12.9. The van der Waals surface area contributed by atoms with E-state index in [1.807, 2.05) is 14.1 Å². The summed E-state index contributed by atoms with van der Waals surface area (Å²) in [5.74, 6) is 0. The zero-order valence-electron chi connectivity index (χ0n) is 11.2. The molecule has 1 aliphatic heterocycles. The Morgan fingerprint density at radius 3 is 2.89 bits per heavy atom. The largest absolute Gasteiger partial charge is 0.391 e. The van der Waals surface area contributed by atoms with E-state index in [9.17, 15) is 13.5 Å². The van der Waals surface area contributed by atoms with E-state index in [-0.39, 0.29) is 17.5 Å². The molecule has 1 N–H and O–H groups in total. The third kappa shape index (κ3) is 3.00. The van der Waals surface area contributed by atoms with Crippen LogP contribution in [-0.4, -0.2) is 56.0 Å². The fourth-order valence-electron chi connectivity index (χ4n) is 2.37. The molecule has 0 aliphatic carbocycles. The Hall–Kier alpha value is -0.470. The summed E-state index contributed by atoms with van der Waals surface area (Å²) in [5, 5.41) is 10.9. The number of rotatable bonds is 4. The van der Waals surface area contributed by atoms with Crippen LogP contribution in [0.4, 0.5) is 0 Å². The summed E-state index contributed by atoms with van der Waals surface area (Å²) in [6.07, 6.45) is 1.90. The molecule has 1 aromatic rings. The minimum absolute atomic E-state index is 0.225. The van der Waals surface area contributed by atoms with Crippen LogP contribution in [0.1, 0.15) is 17.7 Å². The molecule has 0 aromatic carbocycles. The number of sulfonamides is 1. The van der Waals surface area contributed by atoms with Crippen molar-refractivity contribution in [3.05, 3.63) is 16.3 Å². The first-order chi connectivity index (χ1) is 8.96. The first-order valence-corrected chi connectivity index (χ1v) is 8.62. The highest BCUT2D eigenvalue weighted by atomic mass is 32.2. The quantitative estimate of drug-likeness (QED) is 0.900. The molecule has 19 heavy (non-hydrogen) atoms. The molecule has 0 radical (unpaired) electrons. The molecule has 1 fully saturated rings. The van der Waals surface area contributed by atoms with Crippen molar-refractivity contribution in [3.8, 4) is 0 Å². The number of thiophene rings is 1. The van der Waals surface area contributed by atoms with Crippen molar-refractivity contribution in [2.75, 3.05) is 27.2 Å². The number of nitrogens with zero attached hydrogens (tertiary/aromatic N) is 2. The number of aliphatic hydroxyl groups excluding tert-OH is 1. The number of piperidine rings is 1. The van der Waals surface area contributed by atoms with Gasteiger partial charge >= 0.3 is 0 Å². The minimum Gasteiger partial charge on any atom is -0.391 e. The van der Waals surface area contributed by atoms with Gasteiger partial charge in [0.25, 0.3) is 0 Å². The van der Waals surface area contributed by atoms with Crippen LogP contribution in [0, 0.1) is 0 Å². The van der Waals surface area contributed by atoms with Gasteiger partial charge in [-0.1, -0.05) is 0 Å². The summed E-state index contributed by atoms with van der Waals surface area (Å²) < 4.78 is 26.7. The van der Waals surface area contributed by atoms with Gasteiger partial charge in [-0.15, -0.1) is 11.3 Å². The summed E-state index contributed by atoms with van der Waals surface area (Å²) in [6, 6.07) is 1.85. The van der Waals surface area contributed by atoms with Crippen molar-refractivity contribution in [2.24, 2.45) is 0 Å². The Morgan fingerprint density at radius 1 is 1.53 bits per heavy atom. The predicted octanol–water partition coefficient (Wildman–Crippen LogP) is 0.955. The van der Waals surface area contributed by atoms with Gasteiger partial charge in [0, 0.05) is 24.0 Å². The Balaban J connectivity index is 2.25. The van der Waals surface area contributed by atoms with Crippen molar-refractivity contribution >= 4 is 21.4 Å². The molecule has 1 aromatic heterocycles. The smallest absolute Gasteiger partial charge is 0.244 e. The SMILES string of the molecule is CN(C)C1CCCN(S(=O)(=O)c2ccsc2CO)C1. The van der Waals surface area contributed by atoms with E-state index < -0.39 is 10.0 Å². The van der Waals surface area contributed by atoms with E-state index in [1.54, 1.807) is 15.8 Å². The van der Waals surface area contributed by atoms with Crippen molar-refractivity contribution in [1.29, 1.82) is 0 Å². The van der Waals surface area contributed by atoms with Crippen LogP contribution in [0.5, 0.6) is 0 Å². The fourth-order valence-corrected chi connectivity index (χ4v) is 5.16. The summed E-state index contributed by atoms with van der Waals surface area (Å²) in [5.41, 5.74) is 0. The van der Waals surface area contributed by atoms with Gasteiger partial charge in [-0.05, 0) is 38.4 Å². The molecule has 1 aliphatic rings. The lowest BCUT2D eigenvalue weighted by molar-refractivity contribution is 0.190. The Morgan fingerprint density at radius 2 is 2.26 bits per heavy atom. The van der Waals surface area contributed by atoms with E-state index in [2.05, 4.69) is 4.90 Å². The molecule has 2 rings (SSSR count). The molecule has 108 valence electrons. The van der Waals surface area contributed by atoms with Crippen LogP contribution in [0.15, 0.2) is 16.3 Å². The maximum absolute atomic E-state index is 12.6. The maximum Gasteiger partial charge on any atom is 0.244 e. The lowest BCUT2D eigenvalue weighted by Gasteiger charge is -2.35. The third-order valence-corrected chi connectivity index (χ3v) is 6.54. The summed E-state index contributed by atoms with van der Waals surface area (Å²) in [7, 11) is 0.483. The van der Waals surface area contributed by atoms with Gasteiger partial charge < -0.3 is 10.0 Å². The highest BCUT2D eigenvalue weighted by Gasteiger charge is 2.32. The molecule has 7 heteroatoms. The second-order valence-corrected chi connectivity index (χ2v) is 7.90. The first kappa shape index (κ1) is 14.9. The van der Waals surface area contributed by atoms with Crippen molar-refractivity contribution < 1.29 is 13.5 Å². The van der Waals surface area contributed by atoms with Crippen LogP contribution in [0.3, 0.4) is 0 Å². The highest BCUT2D eigenvalue weighted by Crippen LogP contribution is 2.27. The van der Waals surface area contributed by atoms with Gasteiger partial charge in [0.1, 0.15) is 0 Å². The Labute approximate surface area is 118 Å². The molecule has 1 atom stereocenters. The molecule has 1 saturated heterocycles. The van der Waals surface area contributed by atoms with Crippen LogP contribution in [0.25, 0.3) is 0 Å². The van der Waals surface area contributed by atoms with Gasteiger partial charge in [0.2, 0.25) is 10.0 Å². The maximum atomic E-state index is 12.6. The normalized spacial score (nSPS) is 22.0. The second kappa shape index (κ2) is 5.88. The lowest BCUT2D eigenvalue weighted by Crippen LogP contribution is -2.47. The number of hydrogen-bond donors (Lipinski definition) is 1. The summed E-state index contributed by atoms with van der Waals surface area (Å²) >= 11 is 1.28. The average molecular weight is 304 g/mol. The predicted molar refractivity (Wildman–Crippen MR) is 75.7 cm³/mol. The molecule has 1 unspecified atom stereocenters. The molecule has 0 spiro atoms. The second-order valence-electron chi connectivity index (χ2n) is 4.99. The lowest BCUT2D eigenvalue weighted by atomic mass is 10.1. The Bertz CT molecular complexity index is 525. The van der Waals surface area contributed by atoms with Crippen molar-refractivity contribution in [2.45, 2.75) is 30.4 Å². The van der Waals surface area contributed by atoms with E-state index in [0.717, 1.165) is 12.8 Å². The summed E-state index contributed by atoms with van der Waals surface area (Å²) in [4.78, 5) is 2.86. The number of likely N-dealkylation sites (N-methyl/N-ethyl adjacent to an activating group) is 1. The number of aliphatic hydroxyl groups is 1. The van der Waals surface area contributed by atoms with Crippen LogP contribution < -0.4 is 0 Å². The Kier molecular flexibility index (Phi) is 4.62.